The molecule has 0 aliphatic heterocycles. The fraction of sp³-hybridized carbons (Fsp3) is 0.462. The summed E-state index contributed by atoms with van der Waals surface area (Å²) in [5.41, 5.74) is 1.13. The Morgan fingerprint density at radius 3 is 2.44 bits per heavy atom. The van der Waals surface area contributed by atoms with E-state index >= 15 is 0 Å². The van der Waals surface area contributed by atoms with Crippen LogP contribution in [-0.4, -0.2) is 57.1 Å². The highest BCUT2D eigenvalue weighted by molar-refractivity contribution is 9.10. The summed E-state index contributed by atoms with van der Waals surface area (Å²) in [4.78, 5) is 28.3. The third-order valence-electron chi connectivity index (χ3n) is 6.38. The molecule has 1 N–H and O–H groups in total. The molecule has 1 atom stereocenters. The summed E-state index contributed by atoms with van der Waals surface area (Å²) in [7, 11) is -2.31. The van der Waals surface area contributed by atoms with Gasteiger partial charge in [0.15, 0.2) is 0 Å². The van der Waals surface area contributed by atoms with E-state index in [0.717, 1.165) is 46.3 Å². The van der Waals surface area contributed by atoms with Crippen molar-refractivity contribution in [3.05, 3.63) is 58.6 Å². The zero-order valence-corrected chi connectivity index (χ0v) is 23.3. The first-order valence-corrected chi connectivity index (χ1v) is 14.7. The van der Waals surface area contributed by atoms with E-state index in [1.165, 1.54) is 18.4 Å². The molecule has 1 fully saturated rings. The summed E-state index contributed by atoms with van der Waals surface area (Å²) in [5.74, 6) is -0.244. The Labute approximate surface area is 222 Å². The number of methoxy groups -OCH3 is 1. The lowest BCUT2D eigenvalue weighted by molar-refractivity contribution is -0.139. The smallest absolute Gasteiger partial charge is 0.244 e. The van der Waals surface area contributed by atoms with Crippen LogP contribution in [0.4, 0.5) is 5.69 Å². The molecule has 2 amide bonds. The monoisotopic (exact) mass is 579 g/mol. The second kappa shape index (κ2) is 12.6. The van der Waals surface area contributed by atoms with Gasteiger partial charge in [0, 0.05) is 23.1 Å². The van der Waals surface area contributed by atoms with Gasteiger partial charge in [0.25, 0.3) is 0 Å². The largest absolute Gasteiger partial charge is 0.497 e. The number of carbonyl (C=O) groups excluding carboxylic acids is 2. The molecule has 1 saturated carbocycles. The van der Waals surface area contributed by atoms with Gasteiger partial charge in [0.2, 0.25) is 21.8 Å². The lowest BCUT2D eigenvalue weighted by Crippen LogP contribution is -2.52. The maximum Gasteiger partial charge on any atom is 0.244 e. The molecular weight excluding hydrogens is 546 g/mol. The summed E-state index contributed by atoms with van der Waals surface area (Å²) in [6.45, 7) is 1.40. The Bertz CT molecular complexity index is 1170. The number of benzene rings is 2. The van der Waals surface area contributed by atoms with Gasteiger partial charge >= 0.3 is 0 Å². The predicted molar refractivity (Wildman–Crippen MR) is 144 cm³/mol. The number of nitrogens with zero attached hydrogens (tertiary/aromatic N) is 2. The van der Waals surface area contributed by atoms with E-state index in [4.69, 9.17) is 4.74 Å². The fourth-order valence-electron chi connectivity index (χ4n) is 4.36. The van der Waals surface area contributed by atoms with Gasteiger partial charge in [-0.15, -0.1) is 0 Å². The van der Waals surface area contributed by atoms with Crippen LogP contribution in [0.15, 0.2) is 53.0 Å². The predicted octanol–water partition coefficient (Wildman–Crippen LogP) is 4.09. The lowest BCUT2D eigenvalue weighted by atomic mass is 9.95. The van der Waals surface area contributed by atoms with Gasteiger partial charge < -0.3 is 15.0 Å². The lowest BCUT2D eigenvalue weighted by Gasteiger charge is -2.33. The van der Waals surface area contributed by atoms with Crippen molar-refractivity contribution in [1.29, 1.82) is 0 Å². The van der Waals surface area contributed by atoms with Crippen LogP contribution in [-0.2, 0) is 26.2 Å². The average Bonchev–Trinajstić information content (AvgIpc) is 2.85. The molecule has 0 aromatic heterocycles. The minimum atomic E-state index is -3.80. The highest BCUT2D eigenvalue weighted by atomic mass is 79.9. The average molecular weight is 581 g/mol. The van der Waals surface area contributed by atoms with Crippen LogP contribution in [0, 0.1) is 0 Å². The van der Waals surface area contributed by atoms with Crippen molar-refractivity contribution < 1.29 is 22.7 Å². The van der Waals surface area contributed by atoms with Gasteiger partial charge in [0.05, 0.1) is 19.1 Å². The first-order chi connectivity index (χ1) is 17.1. The number of hydrogen-bond donors (Lipinski definition) is 1. The van der Waals surface area contributed by atoms with Crippen molar-refractivity contribution in [2.24, 2.45) is 0 Å². The number of ether oxygens (including phenoxy) is 1. The van der Waals surface area contributed by atoms with Crippen molar-refractivity contribution in [3.63, 3.8) is 0 Å². The number of amides is 2. The Kier molecular flexibility index (Phi) is 9.78. The van der Waals surface area contributed by atoms with Crippen LogP contribution in [0.1, 0.15) is 44.6 Å². The Hall–Kier alpha value is -2.59. The quantitative estimate of drug-likeness (QED) is 0.457. The molecule has 0 heterocycles. The van der Waals surface area contributed by atoms with Gasteiger partial charge in [-0.1, -0.05) is 53.4 Å². The number of nitrogens with one attached hydrogen (secondary N) is 1. The molecule has 2 aromatic rings. The van der Waals surface area contributed by atoms with Gasteiger partial charge in [-0.05, 0) is 49.6 Å². The Balaban J connectivity index is 1.88. The van der Waals surface area contributed by atoms with E-state index in [1.807, 2.05) is 24.3 Å². The van der Waals surface area contributed by atoms with Crippen LogP contribution in [0.3, 0.4) is 0 Å². The SMILES string of the molecule is COc1cccc(N(CC(=O)N(Cc2cccc(Br)c2)[C@@H](C)C(=O)NC2CCCCC2)S(C)(=O)=O)c1. The summed E-state index contributed by atoms with van der Waals surface area (Å²) >= 11 is 3.45. The minimum Gasteiger partial charge on any atom is -0.497 e. The molecule has 196 valence electrons. The molecule has 0 saturated heterocycles. The first-order valence-electron chi connectivity index (χ1n) is 12.0. The Morgan fingerprint density at radius 1 is 1.11 bits per heavy atom. The molecule has 2 aromatic carbocycles. The molecule has 8 nitrogen and oxygen atoms in total. The van der Waals surface area contributed by atoms with Crippen LogP contribution in [0.5, 0.6) is 5.75 Å². The van der Waals surface area contributed by atoms with E-state index in [2.05, 4.69) is 21.2 Å². The molecule has 36 heavy (non-hydrogen) atoms. The number of anilines is 1. The minimum absolute atomic E-state index is 0.0980. The van der Waals surface area contributed by atoms with Crippen molar-refractivity contribution in [2.75, 3.05) is 24.2 Å². The normalized spacial score (nSPS) is 15.1. The summed E-state index contributed by atoms with van der Waals surface area (Å²) in [6.07, 6.45) is 6.22. The van der Waals surface area contributed by atoms with E-state index in [9.17, 15) is 18.0 Å². The number of rotatable bonds is 10. The van der Waals surface area contributed by atoms with E-state index in [-0.39, 0.29) is 18.5 Å². The molecule has 0 unspecified atom stereocenters. The number of halogens is 1. The maximum absolute atomic E-state index is 13.7. The zero-order chi connectivity index (χ0) is 26.3. The first kappa shape index (κ1) is 28.0. The summed E-state index contributed by atoms with van der Waals surface area (Å²) < 4.78 is 32.5. The van der Waals surface area contributed by atoms with Crippen molar-refractivity contribution in [1.82, 2.24) is 10.2 Å². The maximum atomic E-state index is 13.7. The summed E-state index contributed by atoms with van der Waals surface area (Å²) in [5, 5.41) is 3.09. The molecule has 0 spiro atoms. The van der Waals surface area contributed by atoms with Crippen LogP contribution < -0.4 is 14.4 Å². The second-order valence-corrected chi connectivity index (χ2v) is 12.0. The molecule has 1 aliphatic carbocycles. The second-order valence-electron chi connectivity index (χ2n) is 9.14. The Morgan fingerprint density at radius 2 is 1.81 bits per heavy atom. The fourth-order valence-corrected chi connectivity index (χ4v) is 5.65. The van der Waals surface area contributed by atoms with E-state index in [1.54, 1.807) is 31.2 Å². The molecule has 0 bridgehead atoms. The molecule has 3 rings (SSSR count). The standard InChI is InChI=1S/C26H34BrN3O5S/c1-19(26(32)28-22-11-5-4-6-12-22)29(17-20-9-7-10-21(27)15-20)25(31)18-30(36(3,33)34)23-13-8-14-24(16-23)35-2/h7-10,13-16,19,22H,4-6,11-12,17-18H2,1-3H3,(H,28,32)/t19-/m0/s1. The van der Waals surface area contributed by atoms with Crippen LogP contribution in [0.25, 0.3) is 0 Å². The zero-order valence-electron chi connectivity index (χ0n) is 20.9. The third-order valence-corrected chi connectivity index (χ3v) is 8.02. The molecule has 0 radical (unpaired) electrons. The van der Waals surface area contributed by atoms with E-state index < -0.39 is 28.5 Å². The van der Waals surface area contributed by atoms with Crippen LogP contribution >= 0.6 is 15.9 Å². The van der Waals surface area contributed by atoms with Crippen LogP contribution in [0.2, 0.25) is 0 Å². The van der Waals surface area contributed by atoms with E-state index in [0.29, 0.717) is 11.4 Å². The highest BCUT2D eigenvalue weighted by Crippen LogP contribution is 2.24. The highest BCUT2D eigenvalue weighted by Gasteiger charge is 2.31. The van der Waals surface area contributed by atoms with Gasteiger partial charge in [-0.3, -0.25) is 13.9 Å². The molecule has 10 heteroatoms. The van der Waals surface area contributed by atoms with Gasteiger partial charge in [-0.25, -0.2) is 8.42 Å². The topological polar surface area (TPSA) is 96.0 Å². The van der Waals surface area contributed by atoms with Crippen molar-refractivity contribution in [3.8, 4) is 5.75 Å². The molecule has 1 aliphatic rings. The van der Waals surface area contributed by atoms with Gasteiger partial charge in [0.1, 0.15) is 18.3 Å². The summed E-state index contributed by atoms with van der Waals surface area (Å²) in [6, 6.07) is 13.3. The number of sulfonamides is 1. The van der Waals surface area contributed by atoms with Crippen molar-refractivity contribution in [2.45, 2.75) is 57.7 Å². The third kappa shape index (κ3) is 7.70. The van der Waals surface area contributed by atoms with Crippen molar-refractivity contribution >= 4 is 43.5 Å². The van der Waals surface area contributed by atoms with Gasteiger partial charge in [-0.2, -0.15) is 0 Å². The number of carbonyl (C=O) groups is 2. The number of hydrogen-bond acceptors (Lipinski definition) is 5. The molecular formula is C26H34BrN3O5S.